The summed E-state index contributed by atoms with van der Waals surface area (Å²) < 4.78 is 1.95. The van der Waals surface area contributed by atoms with Gasteiger partial charge >= 0.3 is 0 Å². The fourth-order valence-corrected chi connectivity index (χ4v) is 1.85. The molecule has 2 rings (SSSR count). The molecular weight excluding hydrogens is 208 g/mol. The summed E-state index contributed by atoms with van der Waals surface area (Å²) in [7, 11) is 0. The highest BCUT2D eigenvalue weighted by molar-refractivity contribution is 4.95. The number of nitrogens with zero attached hydrogens (tertiary/aromatic N) is 2. The molecule has 0 atom stereocenters. The molecule has 1 aromatic rings. The molecule has 100 valence electrons. The van der Waals surface area contributed by atoms with Crippen LogP contribution in [0.15, 0.2) is 12.3 Å². The van der Waals surface area contributed by atoms with E-state index >= 15 is 0 Å². The Morgan fingerprint density at radius 3 is 1.94 bits per heavy atom. The van der Waals surface area contributed by atoms with Crippen molar-refractivity contribution in [2.45, 2.75) is 73.3 Å². The van der Waals surface area contributed by atoms with Gasteiger partial charge in [0.1, 0.15) is 0 Å². The summed E-state index contributed by atoms with van der Waals surface area (Å²) in [5.74, 6) is 1.05. The largest absolute Gasteiger partial charge is 0.270 e. The Kier molecular flexibility index (Phi) is 8.83. The summed E-state index contributed by atoms with van der Waals surface area (Å²) in [5.41, 5.74) is 1.09. The van der Waals surface area contributed by atoms with E-state index in [1.807, 2.05) is 37.7 Å². The summed E-state index contributed by atoms with van der Waals surface area (Å²) in [6.45, 7) is 12.6. The first-order valence-electron chi connectivity index (χ1n) is 7.11. The second kappa shape index (κ2) is 9.26. The molecule has 0 aliphatic heterocycles. The molecule has 17 heavy (non-hydrogen) atoms. The highest BCUT2D eigenvalue weighted by Crippen LogP contribution is 2.22. The number of aromatic nitrogens is 2. The van der Waals surface area contributed by atoms with Crippen LogP contribution >= 0.6 is 0 Å². The van der Waals surface area contributed by atoms with Crippen LogP contribution in [0.1, 0.15) is 72.0 Å². The molecule has 0 unspecified atom stereocenters. The van der Waals surface area contributed by atoms with E-state index in [0.29, 0.717) is 6.04 Å². The Morgan fingerprint density at radius 2 is 1.76 bits per heavy atom. The molecule has 1 aliphatic carbocycles. The van der Waals surface area contributed by atoms with Gasteiger partial charge in [-0.15, -0.1) is 0 Å². The fourth-order valence-electron chi connectivity index (χ4n) is 1.85. The normalized spacial score (nSPS) is 15.0. The summed E-state index contributed by atoms with van der Waals surface area (Å²) in [6, 6.07) is 2.50. The maximum atomic E-state index is 4.23. The summed E-state index contributed by atoms with van der Waals surface area (Å²) in [4.78, 5) is 0. The minimum absolute atomic E-state index is 0.485. The molecule has 0 radical (unpaired) electrons. The lowest BCUT2D eigenvalue weighted by Gasteiger charge is -2.02. The minimum atomic E-state index is 0.485. The van der Waals surface area contributed by atoms with E-state index in [-0.39, 0.29) is 0 Å². The summed E-state index contributed by atoms with van der Waals surface area (Å²) in [5, 5.41) is 4.23. The monoisotopic (exact) mass is 238 g/mol. The lowest BCUT2D eigenvalue weighted by Crippen LogP contribution is -2.00. The van der Waals surface area contributed by atoms with E-state index in [1.165, 1.54) is 25.7 Å². The third kappa shape index (κ3) is 7.19. The van der Waals surface area contributed by atoms with Gasteiger partial charge in [0.2, 0.25) is 0 Å². The topological polar surface area (TPSA) is 17.8 Å². The minimum Gasteiger partial charge on any atom is -0.270 e. The number of aryl methyl sites for hydroxylation is 1. The van der Waals surface area contributed by atoms with Crippen molar-refractivity contribution < 1.29 is 0 Å². The average molecular weight is 238 g/mol. The van der Waals surface area contributed by atoms with Crippen molar-refractivity contribution >= 4 is 0 Å². The van der Waals surface area contributed by atoms with E-state index in [9.17, 15) is 0 Å². The van der Waals surface area contributed by atoms with Gasteiger partial charge in [-0.1, -0.05) is 46.5 Å². The molecule has 0 bridgehead atoms. The van der Waals surface area contributed by atoms with Crippen LogP contribution in [0.2, 0.25) is 0 Å². The molecule has 2 nitrogen and oxygen atoms in total. The van der Waals surface area contributed by atoms with Gasteiger partial charge in [-0.2, -0.15) is 5.10 Å². The van der Waals surface area contributed by atoms with Crippen molar-refractivity contribution in [2.75, 3.05) is 0 Å². The Hall–Kier alpha value is -0.790. The van der Waals surface area contributed by atoms with Gasteiger partial charge in [-0.25, -0.2) is 0 Å². The standard InChI is InChI=1S/C7H12N2.C6H12.C2H6/c1-6(2)9-5-4-7(3)8-9;1-6-4-2-3-5-6;1-2/h4-6H,1-3H3;6H,2-5H2,1H3;1-2H3. The molecule has 1 aliphatic rings. The van der Waals surface area contributed by atoms with Gasteiger partial charge in [-0.05, 0) is 32.8 Å². The van der Waals surface area contributed by atoms with E-state index in [4.69, 9.17) is 0 Å². The number of rotatable bonds is 1. The molecule has 0 aromatic carbocycles. The molecule has 1 heterocycles. The molecule has 1 saturated carbocycles. The van der Waals surface area contributed by atoms with E-state index in [2.05, 4.69) is 25.9 Å². The number of hydrogen-bond donors (Lipinski definition) is 0. The fraction of sp³-hybridized carbons (Fsp3) is 0.800. The van der Waals surface area contributed by atoms with Crippen molar-refractivity contribution in [3.8, 4) is 0 Å². The van der Waals surface area contributed by atoms with Crippen LogP contribution in [-0.4, -0.2) is 9.78 Å². The van der Waals surface area contributed by atoms with Crippen LogP contribution in [0.5, 0.6) is 0 Å². The van der Waals surface area contributed by atoms with Crippen molar-refractivity contribution in [3.05, 3.63) is 18.0 Å². The Morgan fingerprint density at radius 1 is 1.24 bits per heavy atom. The average Bonchev–Trinajstić information content (AvgIpc) is 2.93. The molecular formula is C15H30N2. The first-order chi connectivity index (χ1) is 8.09. The maximum Gasteiger partial charge on any atom is 0.0593 e. The first kappa shape index (κ1) is 16.2. The Labute approximate surface area is 107 Å². The van der Waals surface area contributed by atoms with Crippen LogP contribution in [0.3, 0.4) is 0 Å². The van der Waals surface area contributed by atoms with Crippen molar-refractivity contribution in [2.24, 2.45) is 5.92 Å². The first-order valence-corrected chi connectivity index (χ1v) is 7.11. The van der Waals surface area contributed by atoms with Crippen molar-refractivity contribution in [3.63, 3.8) is 0 Å². The third-order valence-electron chi connectivity index (χ3n) is 2.91. The Balaban J connectivity index is 0.000000278. The zero-order chi connectivity index (χ0) is 13.3. The highest BCUT2D eigenvalue weighted by atomic mass is 15.3. The molecule has 0 saturated heterocycles. The van der Waals surface area contributed by atoms with E-state index < -0.39 is 0 Å². The number of hydrogen-bond acceptors (Lipinski definition) is 1. The van der Waals surface area contributed by atoms with Gasteiger partial charge < -0.3 is 0 Å². The SMILES string of the molecule is CC.CC1CCCC1.Cc1ccn(C(C)C)n1. The second-order valence-corrected chi connectivity index (χ2v) is 4.92. The lowest BCUT2D eigenvalue weighted by molar-refractivity contribution is 0.529. The quantitative estimate of drug-likeness (QED) is 0.673. The summed E-state index contributed by atoms with van der Waals surface area (Å²) >= 11 is 0. The van der Waals surface area contributed by atoms with Gasteiger partial charge in [0.15, 0.2) is 0 Å². The molecule has 2 heteroatoms. The smallest absolute Gasteiger partial charge is 0.0593 e. The maximum absolute atomic E-state index is 4.23. The molecule has 1 aromatic heterocycles. The van der Waals surface area contributed by atoms with Crippen LogP contribution < -0.4 is 0 Å². The van der Waals surface area contributed by atoms with Gasteiger partial charge in [0, 0.05) is 12.2 Å². The van der Waals surface area contributed by atoms with Crippen LogP contribution in [0, 0.1) is 12.8 Å². The summed E-state index contributed by atoms with van der Waals surface area (Å²) in [6.07, 6.45) is 7.95. The predicted molar refractivity (Wildman–Crippen MR) is 76.3 cm³/mol. The predicted octanol–water partition coefficient (Wildman–Crippen LogP) is 5.00. The highest BCUT2D eigenvalue weighted by Gasteiger charge is 2.07. The van der Waals surface area contributed by atoms with Crippen molar-refractivity contribution in [1.29, 1.82) is 0 Å². The molecule has 0 amide bonds. The van der Waals surface area contributed by atoms with Crippen LogP contribution in [0.4, 0.5) is 0 Å². The van der Waals surface area contributed by atoms with Gasteiger partial charge in [-0.3, -0.25) is 4.68 Å². The zero-order valence-electron chi connectivity index (χ0n) is 12.5. The van der Waals surface area contributed by atoms with Crippen LogP contribution in [-0.2, 0) is 0 Å². The molecule has 1 fully saturated rings. The van der Waals surface area contributed by atoms with Gasteiger partial charge in [0.25, 0.3) is 0 Å². The second-order valence-electron chi connectivity index (χ2n) is 4.92. The van der Waals surface area contributed by atoms with E-state index in [1.54, 1.807) is 0 Å². The lowest BCUT2D eigenvalue weighted by atomic mass is 10.2. The van der Waals surface area contributed by atoms with E-state index in [0.717, 1.165) is 11.6 Å². The molecule has 0 spiro atoms. The van der Waals surface area contributed by atoms with Crippen molar-refractivity contribution in [1.82, 2.24) is 9.78 Å². The third-order valence-corrected chi connectivity index (χ3v) is 2.91. The zero-order valence-corrected chi connectivity index (χ0v) is 12.5. The molecule has 0 N–H and O–H groups in total. The Bertz CT molecular complexity index is 270. The van der Waals surface area contributed by atoms with Crippen LogP contribution in [0.25, 0.3) is 0 Å². The van der Waals surface area contributed by atoms with Gasteiger partial charge in [0.05, 0.1) is 5.69 Å².